The summed E-state index contributed by atoms with van der Waals surface area (Å²) < 4.78 is 32.0. The molecule has 8 heteroatoms. The van der Waals surface area contributed by atoms with E-state index in [0.717, 1.165) is 0 Å². The molecule has 0 spiro atoms. The molecule has 1 aliphatic heterocycles. The van der Waals surface area contributed by atoms with Crippen molar-refractivity contribution in [2.75, 3.05) is 25.9 Å². The molecule has 1 aromatic rings. The van der Waals surface area contributed by atoms with E-state index < -0.39 is 10.0 Å². The Hall–Kier alpha value is -0.340. The number of rotatable bonds is 3. The van der Waals surface area contributed by atoms with Crippen LogP contribution < -0.4 is 5.73 Å². The first-order valence-electron chi connectivity index (χ1n) is 5.63. The largest absolute Gasteiger partial charge is 0.398 e. The number of benzene rings is 1. The van der Waals surface area contributed by atoms with E-state index in [1.54, 1.807) is 7.11 Å². The Morgan fingerprint density at radius 3 is 2.79 bits per heavy atom. The lowest BCUT2D eigenvalue weighted by Gasteiger charge is -2.18. The van der Waals surface area contributed by atoms with Crippen LogP contribution in [0.15, 0.2) is 21.5 Å². The number of nitrogens with two attached hydrogens (primary N) is 1. The van der Waals surface area contributed by atoms with Crippen LogP contribution in [0.25, 0.3) is 0 Å². The molecule has 106 valence electrons. The van der Waals surface area contributed by atoms with Gasteiger partial charge in [0.05, 0.1) is 15.5 Å². The number of nitrogen functional groups attached to an aromatic ring is 1. The van der Waals surface area contributed by atoms with Crippen molar-refractivity contribution in [2.45, 2.75) is 17.4 Å². The smallest absolute Gasteiger partial charge is 0.244 e. The van der Waals surface area contributed by atoms with Crippen LogP contribution >= 0.6 is 27.5 Å². The number of methoxy groups -OCH3 is 1. The molecule has 0 amide bonds. The normalized spacial score (nSPS) is 20.9. The van der Waals surface area contributed by atoms with Crippen LogP contribution in [0.2, 0.25) is 5.02 Å². The third-order valence-electron chi connectivity index (χ3n) is 3.09. The molecule has 1 unspecified atom stereocenters. The maximum atomic E-state index is 12.5. The highest BCUT2D eigenvalue weighted by Crippen LogP contribution is 2.34. The van der Waals surface area contributed by atoms with E-state index in [0.29, 0.717) is 34.7 Å². The number of hydrogen-bond acceptors (Lipinski definition) is 4. The molecule has 1 saturated heterocycles. The number of nitrogens with zero attached hydrogens (tertiary/aromatic N) is 1. The molecule has 1 atom stereocenters. The maximum Gasteiger partial charge on any atom is 0.244 e. The van der Waals surface area contributed by atoms with Gasteiger partial charge < -0.3 is 10.5 Å². The van der Waals surface area contributed by atoms with Crippen molar-refractivity contribution in [2.24, 2.45) is 0 Å². The molecular formula is C11H14BrClN2O3S. The van der Waals surface area contributed by atoms with Gasteiger partial charge >= 0.3 is 0 Å². The zero-order valence-corrected chi connectivity index (χ0v) is 13.4. The summed E-state index contributed by atoms with van der Waals surface area (Å²) in [5.41, 5.74) is 6.03. The third kappa shape index (κ3) is 2.90. The highest BCUT2D eigenvalue weighted by Gasteiger charge is 2.34. The lowest BCUT2D eigenvalue weighted by atomic mass is 10.3. The van der Waals surface area contributed by atoms with Gasteiger partial charge in [-0.05, 0) is 34.5 Å². The zero-order chi connectivity index (χ0) is 14.2. The minimum absolute atomic E-state index is 0.0647. The average molecular weight is 370 g/mol. The van der Waals surface area contributed by atoms with E-state index in [1.165, 1.54) is 16.4 Å². The van der Waals surface area contributed by atoms with E-state index in [2.05, 4.69) is 15.9 Å². The minimum atomic E-state index is -3.62. The van der Waals surface area contributed by atoms with Crippen molar-refractivity contribution in [3.8, 4) is 0 Å². The van der Waals surface area contributed by atoms with Crippen molar-refractivity contribution in [1.82, 2.24) is 4.31 Å². The van der Waals surface area contributed by atoms with Crippen molar-refractivity contribution in [1.29, 1.82) is 0 Å². The number of sulfonamides is 1. The molecule has 1 aromatic carbocycles. The molecule has 0 bridgehead atoms. The number of anilines is 1. The van der Waals surface area contributed by atoms with Crippen LogP contribution in [0, 0.1) is 0 Å². The van der Waals surface area contributed by atoms with Gasteiger partial charge in [-0.25, -0.2) is 8.42 Å². The number of halogens is 2. The van der Waals surface area contributed by atoms with Gasteiger partial charge in [0, 0.05) is 30.9 Å². The first-order valence-corrected chi connectivity index (χ1v) is 8.25. The summed E-state index contributed by atoms with van der Waals surface area (Å²) >= 11 is 9.09. The van der Waals surface area contributed by atoms with Crippen molar-refractivity contribution in [3.05, 3.63) is 21.6 Å². The Balaban J connectivity index is 2.41. The Labute approximate surface area is 125 Å². The second kappa shape index (κ2) is 5.57. The monoisotopic (exact) mass is 368 g/mol. The van der Waals surface area contributed by atoms with Crippen molar-refractivity contribution < 1.29 is 13.2 Å². The topological polar surface area (TPSA) is 72.6 Å². The minimum Gasteiger partial charge on any atom is -0.398 e. The summed E-state index contributed by atoms with van der Waals surface area (Å²) in [5.74, 6) is 0. The van der Waals surface area contributed by atoms with Crippen molar-refractivity contribution in [3.63, 3.8) is 0 Å². The van der Waals surface area contributed by atoms with E-state index in [-0.39, 0.29) is 11.0 Å². The fraction of sp³-hybridized carbons (Fsp3) is 0.455. The summed E-state index contributed by atoms with van der Waals surface area (Å²) in [6.07, 6.45) is 0.619. The van der Waals surface area contributed by atoms with Crippen LogP contribution in [-0.4, -0.2) is 39.0 Å². The third-order valence-corrected chi connectivity index (χ3v) is 6.35. The quantitative estimate of drug-likeness (QED) is 0.828. The molecule has 19 heavy (non-hydrogen) atoms. The summed E-state index contributed by atoms with van der Waals surface area (Å²) in [6, 6.07) is 2.91. The second-order valence-corrected chi connectivity index (χ2v) is 7.45. The molecule has 1 aliphatic rings. The fourth-order valence-electron chi connectivity index (χ4n) is 2.02. The van der Waals surface area contributed by atoms with Crippen LogP contribution in [0.3, 0.4) is 0 Å². The second-order valence-electron chi connectivity index (χ2n) is 4.32. The Kier molecular flexibility index (Phi) is 4.42. The summed E-state index contributed by atoms with van der Waals surface area (Å²) in [4.78, 5) is 0.0919. The molecule has 0 radical (unpaired) electrons. The SMILES string of the molecule is COC1CCN(S(=O)(=O)c2cc(Cl)cc(N)c2Br)C1. The standard InChI is InChI=1S/C11H14BrClN2O3S/c1-18-8-2-3-15(6-8)19(16,17)10-5-7(13)4-9(14)11(10)12/h4-5,8H,2-3,6,14H2,1H3. The predicted octanol–water partition coefficient (Wildman–Crippen LogP) is 2.09. The van der Waals surface area contributed by atoms with Crippen LogP contribution in [-0.2, 0) is 14.8 Å². The van der Waals surface area contributed by atoms with E-state index in [9.17, 15) is 8.42 Å². The Morgan fingerprint density at radius 1 is 1.53 bits per heavy atom. The van der Waals surface area contributed by atoms with Gasteiger partial charge in [0.1, 0.15) is 0 Å². The predicted molar refractivity (Wildman–Crippen MR) is 77.7 cm³/mol. The molecule has 2 rings (SSSR count). The molecule has 2 N–H and O–H groups in total. The summed E-state index contributed by atoms with van der Waals surface area (Å²) in [5, 5.41) is 0.293. The molecule has 0 aliphatic carbocycles. The van der Waals surface area contributed by atoms with E-state index in [4.69, 9.17) is 22.1 Å². The number of ether oxygens (including phenoxy) is 1. The average Bonchev–Trinajstić information content (AvgIpc) is 2.83. The first kappa shape index (κ1) is 15.1. The summed E-state index contributed by atoms with van der Waals surface area (Å²) in [7, 11) is -2.04. The fourth-order valence-corrected chi connectivity index (χ4v) is 4.76. The zero-order valence-electron chi connectivity index (χ0n) is 10.3. The van der Waals surface area contributed by atoms with Crippen LogP contribution in [0.1, 0.15) is 6.42 Å². The van der Waals surface area contributed by atoms with Gasteiger partial charge in [-0.2, -0.15) is 4.31 Å². The van der Waals surface area contributed by atoms with Crippen LogP contribution in [0.4, 0.5) is 5.69 Å². The van der Waals surface area contributed by atoms with Gasteiger partial charge in [0.2, 0.25) is 10.0 Å². The summed E-state index contributed by atoms with van der Waals surface area (Å²) in [6.45, 7) is 0.775. The highest BCUT2D eigenvalue weighted by atomic mass is 79.9. The Bertz CT molecular complexity index is 594. The van der Waals surface area contributed by atoms with Gasteiger partial charge in [0.25, 0.3) is 0 Å². The molecule has 0 saturated carbocycles. The van der Waals surface area contributed by atoms with Gasteiger partial charge in [-0.1, -0.05) is 11.6 Å². The number of hydrogen-bond donors (Lipinski definition) is 1. The van der Waals surface area contributed by atoms with E-state index in [1.807, 2.05) is 0 Å². The molecule has 1 fully saturated rings. The van der Waals surface area contributed by atoms with Gasteiger partial charge in [-0.3, -0.25) is 0 Å². The molecule has 1 heterocycles. The van der Waals surface area contributed by atoms with E-state index >= 15 is 0 Å². The lowest BCUT2D eigenvalue weighted by Crippen LogP contribution is -2.30. The van der Waals surface area contributed by atoms with Crippen molar-refractivity contribution >= 4 is 43.2 Å². The van der Waals surface area contributed by atoms with Crippen LogP contribution in [0.5, 0.6) is 0 Å². The van der Waals surface area contributed by atoms with Gasteiger partial charge in [-0.15, -0.1) is 0 Å². The molecular weight excluding hydrogens is 356 g/mol. The first-order chi connectivity index (χ1) is 8.86. The molecule has 5 nitrogen and oxygen atoms in total. The van der Waals surface area contributed by atoms with Gasteiger partial charge in [0.15, 0.2) is 0 Å². The Morgan fingerprint density at radius 2 is 2.21 bits per heavy atom. The molecule has 0 aromatic heterocycles. The lowest BCUT2D eigenvalue weighted by molar-refractivity contribution is 0.115. The maximum absolute atomic E-state index is 12.5. The highest BCUT2D eigenvalue weighted by molar-refractivity contribution is 9.10.